The van der Waals surface area contributed by atoms with Crippen LogP contribution in [-0.2, 0) is 16.0 Å². The highest BCUT2D eigenvalue weighted by Crippen LogP contribution is 2.06. The zero-order chi connectivity index (χ0) is 15.7. The number of carboxylic acid groups (broad SMARTS) is 1. The molecule has 0 aliphatic heterocycles. The lowest BCUT2D eigenvalue weighted by molar-refractivity contribution is -0.133. The summed E-state index contributed by atoms with van der Waals surface area (Å²) in [6, 6.07) is 7.19. The Bertz CT molecular complexity index is 519. The second-order valence-corrected chi connectivity index (χ2v) is 5.25. The Morgan fingerprint density at radius 2 is 2.00 bits per heavy atom. The molecule has 6 nitrogen and oxygen atoms in total. The van der Waals surface area contributed by atoms with Gasteiger partial charge in [0.1, 0.15) is 0 Å². The minimum absolute atomic E-state index is 0.0818. The van der Waals surface area contributed by atoms with E-state index in [2.05, 4.69) is 10.6 Å². The van der Waals surface area contributed by atoms with E-state index in [4.69, 9.17) is 5.11 Å². The number of amides is 2. The first-order chi connectivity index (χ1) is 10.0. The van der Waals surface area contributed by atoms with Crippen molar-refractivity contribution in [2.24, 2.45) is 0 Å². The van der Waals surface area contributed by atoms with Gasteiger partial charge in [-0.15, -0.1) is 11.8 Å². The molecule has 0 radical (unpaired) electrons. The smallest absolute Gasteiger partial charge is 0.313 e. The number of nitrogens with one attached hydrogen (secondary N) is 2. The number of rotatable bonds is 8. The molecular formula is C14H18N2O4S. The molecule has 0 fully saturated rings. The van der Waals surface area contributed by atoms with E-state index < -0.39 is 5.97 Å². The molecule has 0 atom stereocenters. The Balaban J connectivity index is 2.33. The van der Waals surface area contributed by atoms with Crippen molar-refractivity contribution >= 4 is 29.5 Å². The summed E-state index contributed by atoms with van der Waals surface area (Å²) in [5.74, 6) is -1.22. The van der Waals surface area contributed by atoms with Gasteiger partial charge in [-0.25, -0.2) is 0 Å². The van der Waals surface area contributed by atoms with E-state index in [1.807, 2.05) is 6.07 Å². The molecule has 0 aliphatic carbocycles. The van der Waals surface area contributed by atoms with Crippen LogP contribution in [0, 0.1) is 0 Å². The molecule has 1 rings (SSSR count). The second-order valence-electron chi connectivity index (χ2n) is 4.27. The van der Waals surface area contributed by atoms with Crippen LogP contribution in [0.5, 0.6) is 0 Å². The van der Waals surface area contributed by atoms with Gasteiger partial charge in [0.05, 0.1) is 11.5 Å². The van der Waals surface area contributed by atoms with Gasteiger partial charge >= 0.3 is 5.97 Å². The fraction of sp³-hybridized carbons (Fsp3) is 0.357. The number of carbonyl (C=O) groups excluding carboxylic acids is 2. The molecule has 1 aromatic rings. The van der Waals surface area contributed by atoms with Gasteiger partial charge in [0.15, 0.2) is 0 Å². The van der Waals surface area contributed by atoms with E-state index in [1.165, 1.54) is 0 Å². The van der Waals surface area contributed by atoms with Crippen LogP contribution < -0.4 is 10.6 Å². The summed E-state index contributed by atoms with van der Waals surface area (Å²) >= 11 is 1.06. The van der Waals surface area contributed by atoms with Crippen molar-refractivity contribution < 1.29 is 19.5 Å². The van der Waals surface area contributed by atoms with E-state index in [9.17, 15) is 14.4 Å². The third-order valence-corrected chi connectivity index (χ3v) is 3.53. The van der Waals surface area contributed by atoms with E-state index in [0.717, 1.165) is 17.3 Å². The van der Waals surface area contributed by atoms with Gasteiger partial charge in [-0.2, -0.15) is 0 Å². The van der Waals surface area contributed by atoms with Crippen molar-refractivity contribution in [3.63, 3.8) is 0 Å². The SMILES string of the molecule is CNC(=O)c1cccc(CCNC(=O)CSCC(=O)O)c1. The third-order valence-electron chi connectivity index (χ3n) is 2.61. The standard InChI is InChI=1S/C14H18N2O4S/c1-15-14(20)11-4-2-3-10(7-11)5-6-16-12(17)8-21-9-13(18)19/h2-4,7H,5-6,8-9H2,1H3,(H,15,20)(H,16,17)(H,18,19). The maximum Gasteiger partial charge on any atom is 0.313 e. The molecule has 0 heterocycles. The Morgan fingerprint density at radius 3 is 2.67 bits per heavy atom. The lowest BCUT2D eigenvalue weighted by Crippen LogP contribution is -2.27. The molecule has 0 aromatic heterocycles. The number of carbonyl (C=O) groups is 3. The average molecular weight is 310 g/mol. The number of aliphatic carboxylic acids is 1. The Kier molecular flexibility index (Phi) is 7.31. The summed E-state index contributed by atoms with van der Waals surface area (Å²) in [5, 5.41) is 13.7. The minimum Gasteiger partial charge on any atom is -0.481 e. The first-order valence-electron chi connectivity index (χ1n) is 6.40. The third kappa shape index (κ3) is 6.80. The van der Waals surface area contributed by atoms with Crippen LogP contribution in [-0.4, -0.2) is 48.0 Å². The van der Waals surface area contributed by atoms with Gasteiger partial charge < -0.3 is 15.7 Å². The molecule has 0 spiro atoms. The van der Waals surface area contributed by atoms with Gasteiger partial charge in [-0.3, -0.25) is 14.4 Å². The molecular weight excluding hydrogens is 292 g/mol. The van der Waals surface area contributed by atoms with Crippen molar-refractivity contribution in [3.8, 4) is 0 Å². The van der Waals surface area contributed by atoms with Crippen LogP contribution in [0.1, 0.15) is 15.9 Å². The number of hydrogen-bond acceptors (Lipinski definition) is 4. The topological polar surface area (TPSA) is 95.5 Å². The lowest BCUT2D eigenvalue weighted by Gasteiger charge is -2.06. The molecule has 7 heteroatoms. The summed E-state index contributed by atoms with van der Waals surface area (Å²) in [4.78, 5) is 33.2. The van der Waals surface area contributed by atoms with Gasteiger partial charge in [0.2, 0.25) is 5.91 Å². The number of hydrogen-bond donors (Lipinski definition) is 3. The van der Waals surface area contributed by atoms with E-state index in [0.29, 0.717) is 18.5 Å². The second kappa shape index (κ2) is 9.02. The van der Waals surface area contributed by atoms with Crippen molar-refractivity contribution in [2.45, 2.75) is 6.42 Å². The summed E-state index contributed by atoms with van der Waals surface area (Å²) in [7, 11) is 1.57. The highest BCUT2D eigenvalue weighted by atomic mass is 32.2. The molecule has 0 saturated heterocycles. The van der Waals surface area contributed by atoms with Gasteiger partial charge in [0, 0.05) is 19.2 Å². The summed E-state index contributed by atoms with van der Waals surface area (Å²) in [5.41, 5.74) is 1.54. The Morgan fingerprint density at radius 1 is 1.24 bits per heavy atom. The summed E-state index contributed by atoms with van der Waals surface area (Å²) in [6.07, 6.45) is 0.611. The zero-order valence-corrected chi connectivity index (χ0v) is 12.5. The van der Waals surface area contributed by atoms with Crippen molar-refractivity contribution in [2.75, 3.05) is 25.1 Å². The number of carboxylic acids is 1. The largest absolute Gasteiger partial charge is 0.481 e. The maximum absolute atomic E-state index is 11.5. The first-order valence-corrected chi connectivity index (χ1v) is 7.55. The predicted molar refractivity (Wildman–Crippen MR) is 81.5 cm³/mol. The van der Waals surface area contributed by atoms with Crippen LogP contribution in [0.15, 0.2) is 24.3 Å². The average Bonchev–Trinajstić information content (AvgIpc) is 2.46. The minimum atomic E-state index is -0.932. The highest BCUT2D eigenvalue weighted by Gasteiger charge is 2.05. The zero-order valence-electron chi connectivity index (χ0n) is 11.7. The molecule has 114 valence electrons. The normalized spacial score (nSPS) is 9.95. The van der Waals surface area contributed by atoms with Crippen molar-refractivity contribution in [1.82, 2.24) is 10.6 Å². The molecule has 0 bridgehead atoms. The quantitative estimate of drug-likeness (QED) is 0.651. The molecule has 1 aromatic carbocycles. The lowest BCUT2D eigenvalue weighted by atomic mass is 10.1. The maximum atomic E-state index is 11.5. The van der Waals surface area contributed by atoms with Gasteiger partial charge in [0.25, 0.3) is 5.91 Å². The van der Waals surface area contributed by atoms with Gasteiger partial charge in [-0.1, -0.05) is 12.1 Å². The summed E-state index contributed by atoms with van der Waals surface area (Å²) < 4.78 is 0. The molecule has 0 unspecified atom stereocenters. The van der Waals surface area contributed by atoms with Crippen molar-refractivity contribution in [3.05, 3.63) is 35.4 Å². The van der Waals surface area contributed by atoms with Crippen LogP contribution >= 0.6 is 11.8 Å². The number of benzene rings is 1. The van der Waals surface area contributed by atoms with Crippen LogP contribution in [0.4, 0.5) is 0 Å². The first kappa shape index (κ1) is 17.0. The molecule has 21 heavy (non-hydrogen) atoms. The van der Waals surface area contributed by atoms with Crippen molar-refractivity contribution in [1.29, 1.82) is 0 Å². The van der Waals surface area contributed by atoms with Crippen LogP contribution in [0.3, 0.4) is 0 Å². The van der Waals surface area contributed by atoms with Crippen LogP contribution in [0.2, 0.25) is 0 Å². The van der Waals surface area contributed by atoms with E-state index >= 15 is 0 Å². The monoisotopic (exact) mass is 310 g/mol. The number of thioether (sulfide) groups is 1. The van der Waals surface area contributed by atoms with Crippen LogP contribution in [0.25, 0.3) is 0 Å². The van der Waals surface area contributed by atoms with Gasteiger partial charge in [-0.05, 0) is 24.1 Å². The molecule has 3 N–H and O–H groups in total. The Hall–Kier alpha value is -2.02. The van der Waals surface area contributed by atoms with E-state index in [1.54, 1.807) is 25.2 Å². The fourth-order valence-electron chi connectivity index (χ4n) is 1.64. The summed E-state index contributed by atoms with van der Waals surface area (Å²) in [6.45, 7) is 0.448. The molecule has 0 saturated carbocycles. The highest BCUT2D eigenvalue weighted by molar-refractivity contribution is 8.00. The fourth-order valence-corrected chi connectivity index (χ4v) is 2.20. The molecule has 2 amide bonds. The predicted octanol–water partition coefficient (Wildman–Crippen LogP) is 0.523. The molecule has 0 aliphatic rings. The Labute approximate surface area is 127 Å². The van der Waals surface area contributed by atoms with E-state index in [-0.39, 0.29) is 23.3 Å².